The van der Waals surface area contributed by atoms with E-state index in [2.05, 4.69) is 28.6 Å². The fraction of sp³-hybridized carbons (Fsp3) is 0.429. The SMILES string of the molecule is NC(=O)CCC(NC(=O)C(N)Cc1ccccc1)C(=O)NC(CS)C(=O)NC(CC(N)=O)C(=O)O. The van der Waals surface area contributed by atoms with Crippen LogP contribution in [0.4, 0.5) is 0 Å². The average molecular weight is 511 g/mol. The molecule has 0 saturated heterocycles. The van der Waals surface area contributed by atoms with Gasteiger partial charge in [0.25, 0.3) is 0 Å². The maximum absolute atomic E-state index is 12.8. The van der Waals surface area contributed by atoms with Gasteiger partial charge in [0.2, 0.25) is 29.5 Å². The average Bonchev–Trinajstić information content (AvgIpc) is 2.79. The molecule has 0 aliphatic heterocycles. The summed E-state index contributed by atoms with van der Waals surface area (Å²) in [4.78, 5) is 71.4. The number of nitrogens with two attached hydrogens (primary N) is 3. The van der Waals surface area contributed by atoms with Gasteiger partial charge in [-0.1, -0.05) is 30.3 Å². The minimum Gasteiger partial charge on any atom is -0.480 e. The summed E-state index contributed by atoms with van der Waals surface area (Å²) < 4.78 is 0. The molecule has 0 fully saturated rings. The topological polar surface area (TPSA) is 237 Å². The molecule has 0 saturated carbocycles. The van der Waals surface area contributed by atoms with Gasteiger partial charge in [-0.3, -0.25) is 24.0 Å². The van der Waals surface area contributed by atoms with Crippen molar-refractivity contribution in [3.05, 3.63) is 35.9 Å². The van der Waals surface area contributed by atoms with Gasteiger partial charge in [0, 0.05) is 12.2 Å². The number of rotatable bonds is 15. The van der Waals surface area contributed by atoms with Crippen molar-refractivity contribution in [3.63, 3.8) is 0 Å². The molecule has 0 aliphatic carbocycles. The second kappa shape index (κ2) is 14.6. The van der Waals surface area contributed by atoms with Crippen LogP contribution in [0.1, 0.15) is 24.8 Å². The van der Waals surface area contributed by atoms with Crippen molar-refractivity contribution in [2.45, 2.75) is 49.9 Å². The number of aliphatic carboxylic acids is 1. The Bertz CT molecular complexity index is 930. The number of amides is 5. The van der Waals surface area contributed by atoms with E-state index >= 15 is 0 Å². The molecule has 4 unspecified atom stereocenters. The van der Waals surface area contributed by atoms with E-state index in [0.717, 1.165) is 5.56 Å². The number of carboxylic acid groups (broad SMARTS) is 1. The monoisotopic (exact) mass is 510 g/mol. The molecular weight excluding hydrogens is 480 g/mol. The van der Waals surface area contributed by atoms with Gasteiger partial charge >= 0.3 is 5.97 Å². The van der Waals surface area contributed by atoms with Crippen molar-refractivity contribution < 1.29 is 33.9 Å². The highest BCUT2D eigenvalue weighted by atomic mass is 32.1. The normalized spacial score (nSPS) is 14.0. The Morgan fingerprint density at radius 1 is 0.829 bits per heavy atom. The summed E-state index contributed by atoms with van der Waals surface area (Å²) in [5.74, 6) is -5.87. The van der Waals surface area contributed by atoms with E-state index < -0.39 is 66.1 Å². The van der Waals surface area contributed by atoms with Crippen LogP contribution in [0.3, 0.4) is 0 Å². The lowest BCUT2D eigenvalue weighted by molar-refractivity contribution is -0.143. The van der Waals surface area contributed by atoms with E-state index in [0.29, 0.717) is 0 Å². The van der Waals surface area contributed by atoms with Gasteiger partial charge in [-0.25, -0.2) is 4.79 Å². The molecule has 0 heterocycles. The summed E-state index contributed by atoms with van der Waals surface area (Å²) in [6.45, 7) is 0. The van der Waals surface area contributed by atoms with E-state index in [1.54, 1.807) is 30.3 Å². The van der Waals surface area contributed by atoms with Gasteiger partial charge in [-0.05, 0) is 18.4 Å². The number of hydrogen-bond donors (Lipinski definition) is 8. The van der Waals surface area contributed by atoms with Crippen molar-refractivity contribution in [2.24, 2.45) is 17.2 Å². The molecule has 0 aliphatic rings. The first-order chi connectivity index (χ1) is 16.4. The summed E-state index contributed by atoms with van der Waals surface area (Å²) in [6, 6.07) is 3.72. The van der Waals surface area contributed by atoms with Gasteiger partial charge in [-0.15, -0.1) is 0 Å². The Balaban J connectivity index is 2.88. The number of benzene rings is 1. The molecule has 0 radical (unpaired) electrons. The number of hydrogen-bond acceptors (Lipinski definition) is 8. The summed E-state index contributed by atoms with van der Waals surface area (Å²) in [6.07, 6.45) is -0.894. The first-order valence-corrected chi connectivity index (χ1v) is 11.2. The Morgan fingerprint density at radius 3 is 1.89 bits per heavy atom. The second-order valence-electron chi connectivity index (χ2n) is 7.68. The molecule has 1 aromatic carbocycles. The fourth-order valence-electron chi connectivity index (χ4n) is 2.93. The molecule has 1 rings (SSSR count). The van der Waals surface area contributed by atoms with Crippen LogP contribution < -0.4 is 33.2 Å². The third kappa shape index (κ3) is 10.9. The van der Waals surface area contributed by atoms with E-state index in [9.17, 15) is 28.8 Å². The first kappa shape index (κ1) is 29.4. The van der Waals surface area contributed by atoms with Crippen LogP contribution in [0.25, 0.3) is 0 Å². The minimum atomic E-state index is -1.61. The first-order valence-electron chi connectivity index (χ1n) is 10.6. The van der Waals surface area contributed by atoms with E-state index in [4.69, 9.17) is 22.3 Å². The third-order valence-corrected chi connectivity index (χ3v) is 5.15. The third-order valence-electron chi connectivity index (χ3n) is 4.78. The van der Waals surface area contributed by atoms with Crippen LogP contribution in [0.15, 0.2) is 30.3 Å². The summed E-state index contributed by atoms with van der Waals surface area (Å²) in [5, 5.41) is 16.0. The molecule has 0 spiro atoms. The zero-order valence-corrected chi connectivity index (χ0v) is 19.7. The lowest BCUT2D eigenvalue weighted by Gasteiger charge is -2.24. The van der Waals surface area contributed by atoms with Gasteiger partial charge in [0.15, 0.2) is 0 Å². The largest absolute Gasteiger partial charge is 0.480 e. The Labute approximate surface area is 206 Å². The lowest BCUT2D eigenvalue weighted by atomic mass is 10.0. The van der Waals surface area contributed by atoms with Crippen LogP contribution in [0.5, 0.6) is 0 Å². The predicted molar refractivity (Wildman–Crippen MR) is 128 cm³/mol. The molecule has 0 aromatic heterocycles. The van der Waals surface area contributed by atoms with Crippen LogP contribution in [-0.4, -0.2) is 70.5 Å². The highest BCUT2D eigenvalue weighted by Crippen LogP contribution is 2.05. The number of carbonyl (C=O) groups excluding carboxylic acids is 5. The molecule has 13 nitrogen and oxygen atoms in total. The van der Waals surface area contributed by atoms with E-state index in [-0.39, 0.29) is 25.0 Å². The Hall–Kier alpha value is -3.65. The van der Waals surface area contributed by atoms with E-state index in [1.165, 1.54) is 0 Å². The minimum absolute atomic E-state index is 0.175. The zero-order chi connectivity index (χ0) is 26.5. The number of carbonyl (C=O) groups is 6. The highest BCUT2D eigenvalue weighted by molar-refractivity contribution is 7.80. The molecule has 5 amide bonds. The number of thiol groups is 1. The second-order valence-corrected chi connectivity index (χ2v) is 8.04. The van der Waals surface area contributed by atoms with Gasteiger partial charge < -0.3 is 38.3 Å². The van der Waals surface area contributed by atoms with Crippen molar-refractivity contribution >= 4 is 48.1 Å². The highest BCUT2D eigenvalue weighted by Gasteiger charge is 2.30. The fourth-order valence-corrected chi connectivity index (χ4v) is 3.19. The maximum atomic E-state index is 12.8. The smallest absolute Gasteiger partial charge is 0.326 e. The summed E-state index contributed by atoms with van der Waals surface area (Å²) >= 11 is 3.99. The van der Waals surface area contributed by atoms with E-state index in [1.807, 2.05) is 0 Å². The maximum Gasteiger partial charge on any atom is 0.326 e. The van der Waals surface area contributed by atoms with Crippen LogP contribution >= 0.6 is 12.6 Å². The lowest BCUT2D eigenvalue weighted by Crippen LogP contribution is -2.58. The van der Waals surface area contributed by atoms with Gasteiger partial charge in [0.1, 0.15) is 18.1 Å². The molecular formula is C21H30N6O7S. The van der Waals surface area contributed by atoms with Crippen molar-refractivity contribution in [3.8, 4) is 0 Å². The van der Waals surface area contributed by atoms with Gasteiger partial charge in [-0.2, -0.15) is 12.6 Å². The zero-order valence-electron chi connectivity index (χ0n) is 18.8. The molecule has 4 atom stereocenters. The predicted octanol–water partition coefficient (Wildman–Crippen LogP) is -2.83. The summed E-state index contributed by atoms with van der Waals surface area (Å²) in [7, 11) is 0. The van der Waals surface area contributed by atoms with Crippen LogP contribution in [-0.2, 0) is 35.2 Å². The number of carboxylic acids is 1. The quantitative estimate of drug-likeness (QED) is 0.114. The molecule has 192 valence electrons. The number of nitrogens with one attached hydrogen (secondary N) is 3. The van der Waals surface area contributed by atoms with Crippen LogP contribution in [0, 0.1) is 0 Å². The Kier molecular flexibility index (Phi) is 12.2. The number of primary amides is 2. The van der Waals surface area contributed by atoms with Crippen molar-refractivity contribution in [1.82, 2.24) is 16.0 Å². The molecule has 10 N–H and O–H groups in total. The van der Waals surface area contributed by atoms with Gasteiger partial charge in [0.05, 0.1) is 12.5 Å². The summed E-state index contributed by atoms with van der Waals surface area (Å²) in [5.41, 5.74) is 16.9. The molecule has 35 heavy (non-hydrogen) atoms. The Morgan fingerprint density at radius 2 is 1.37 bits per heavy atom. The molecule has 0 bridgehead atoms. The molecule has 1 aromatic rings. The van der Waals surface area contributed by atoms with Crippen LogP contribution in [0.2, 0.25) is 0 Å². The standard InChI is InChI=1S/C21H30N6O7S/c22-12(8-11-4-2-1-3-5-11)18(30)25-13(6-7-16(23)28)19(31)27-15(10-35)20(32)26-14(21(33)34)9-17(24)29/h1-5,12-15,35H,6-10,22H2,(H2,23,28)(H2,24,29)(H,25,30)(H,26,32)(H,27,31)(H,33,34). The van der Waals surface area contributed by atoms with Crippen molar-refractivity contribution in [2.75, 3.05) is 5.75 Å². The van der Waals surface area contributed by atoms with Crippen molar-refractivity contribution in [1.29, 1.82) is 0 Å². The molecule has 14 heteroatoms.